The van der Waals surface area contributed by atoms with Crippen LogP contribution in [0.3, 0.4) is 0 Å². The van der Waals surface area contributed by atoms with Crippen LogP contribution in [0.1, 0.15) is 32.3 Å². The summed E-state index contributed by atoms with van der Waals surface area (Å²) in [6.45, 7) is 10.4. The van der Waals surface area contributed by atoms with Crippen molar-refractivity contribution < 1.29 is 0 Å². The second kappa shape index (κ2) is 8.71. The highest BCUT2D eigenvalue weighted by molar-refractivity contribution is 7.99. The molecule has 0 aromatic heterocycles. The molecule has 1 N–H and O–H groups in total. The molecule has 1 heterocycles. The molecule has 0 bridgehead atoms. The van der Waals surface area contributed by atoms with Crippen molar-refractivity contribution in [3.05, 3.63) is 29.8 Å². The molecule has 1 fully saturated rings. The zero-order valence-electron chi connectivity index (χ0n) is 12.9. The lowest BCUT2D eigenvalue weighted by Gasteiger charge is -2.13. The molecule has 0 atom stereocenters. The van der Waals surface area contributed by atoms with Crippen LogP contribution in [-0.4, -0.2) is 36.8 Å². The summed E-state index contributed by atoms with van der Waals surface area (Å²) in [7, 11) is 0. The normalized spacial score (nSPS) is 16.1. The van der Waals surface area contributed by atoms with Crippen molar-refractivity contribution in [2.24, 2.45) is 5.92 Å². The largest absolute Gasteiger partial charge is 0.312 e. The molecule has 0 aliphatic carbocycles. The van der Waals surface area contributed by atoms with Gasteiger partial charge in [0, 0.05) is 23.7 Å². The third-order valence-electron chi connectivity index (χ3n) is 3.68. The van der Waals surface area contributed by atoms with Crippen LogP contribution in [0.5, 0.6) is 0 Å². The maximum Gasteiger partial charge on any atom is 0.0205 e. The monoisotopic (exact) mass is 292 g/mol. The average molecular weight is 292 g/mol. The van der Waals surface area contributed by atoms with E-state index in [0.717, 1.165) is 19.0 Å². The van der Waals surface area contributed by atoms with E-state index in [1.165, 1.54) is 48.7 Å². The number of nitrogens with zero attached hydrogens (tertiary/aromatic N) is 1. The van der Waals surface area contributed by atoms with Gasteiger partial charge in [0.15, 0.2) is 0 Å². The van der Waals surface area contributed by atoms with Gasteiger partial charge in [-0.2, -0.15) is 0 Å². The van der Waals surface area contributed by atoms with Gasteiger partial charge in [0.25, 0.3) is 0 Å². The summed E-state index contributed by atoms with van der Waals surface area (Å²) in [6, 6.07) is 9.04. The predicted octanol–water partition coefficient (Wildman–Crippen LogP) is 3.62. The number of thioether (sulfide) groups is 1. The molecule has 0 radical (unpaired) electrons. The minimum absolute atomic E-state index is 0.718. The highest BCUT2D eigenvalue weighted by Gasteiger charge is 2.10. The van der Waals surface area contributed by atoms with Gasteiger partial charge >= 0.3 is 0 Å². The second-order valence-corrected chi connectivity index (χ2v) is 7.23. The van der Waals surface area contributed by atoms with Gasteiger partial charge in [-0.25, -0.2) is 0 Å². The van der Waals surface area contributed by atoms with Gasteiger partial charge in [-0.3, -0.25) is 0 Å². The van der Waals surface area contributed by atoms with E-state index in [2.05, 4.69) is 48.3 Å². The van der Waals surface area contributed by atoms with Gasteiger partial charge in [0.05, 0.1) is 0 Å². The van der Waals surface area contributed by atoms with Gasteiger partial charge < -0.3 is 10.2 Å². The molecule has 2 nitrogen and oxygen atoms in total. The fourth-order valence-electron chi connectivity index (χ4n) is 2.51. The average Bonchev–Trinajstić information content (AvgIpc) is 2.93. The summed E-state index contributed by atoms with van der Waals surface area (Å²) in [5.41, 5.74) is 1.38. The summed E-state index contributed by atoms with van der Waals surface area (Å²) in [6.07, 6.45) is 2.78. The fraction of sp³-hybridized carbons (Fsp3) is 0.647. The molecule has 1 aromatic rings. The molecule has 0 spiro atoms. The third kappa shape index (κ3) is 5.86. The molecule has 0 amide bonds. The lowest BCUT2D eigenvalue weighted by molar-refractivity contribution is 0.362. The molecular formula is C17H28N2S. The van der Waals surface area contributed by atoms with E-state index in [4.69, 9.17) is 0 Å². The Morgan fingerprint density at radius 2 is 1.85 bits per heavy atom. The molecule has 112 valence electrons. The summed E-state index contributed by atoms with van der Waals surface area (Å²) >= 11 is 1.98. The van der Waals surface area contributed by atoms with Crippen LogP contribution in [0.15, 0.2) is 29.2 Å². The molecular weight excluding hydrogens is 264 g/mol. The minimum atomic E-state index is 0.718. The number of likely N-dealkylation sites (tertiary alicyclic amines) is 1. The first-order chi connectivity index (χ1) is 9.74. The van der Waals surface area contributed by atoms with Gasteiger partial charge in [0.2, 0.25) is 0 Å². The van der Waals surface area contributed by atoms with Gasteiger partial charge in [-0.05, 0) is 56.1 Å². The Kier molecular flexibility index (Phi) is 6.91. The predicted molar refractivity (Wildman–Crippen MR) is 89.4 cm³/mol. The quantitative estimate of drug-likeness (QED) is 0.737. The van der Waals surface area contributed by atoms with E-state index in [9.17, 15) is 0 Å². The van der Waals surface area contributed by atoms with Crippen LogP contribution in [0.4, 0.5) is 0 Å². The standard InChI is InChI=1S/C17H28N2S/c1-15(2)13-18-14-16-5-7-17(8-6-16)20-12-11-19-9-3-4-10-19/h5-8,15,18H,3-4,9-14H2,1-2H3. The van der Waals surface area contributed by atoms with Crippen molar-refractivity contribution in [1.82, 2.24) is 10.2 Å². The Balaban J connectivity index is 1.65. The van der Waals surface area contributed by atoms with Crippen LogP contribution in [0, 0.1) is 5.92 Å². The van der Waals surface area contributed by atoms with E-state index in [-0.39, 0.29) is 0 Å². The van der Waals surface area contributed by atoms with Gasteiger partial charge in [0.1, 0.15) is 0 Å². The maximum atomic E-state index is 3.49. The van der Waals surface area contributed by atoms with E-state index in [0.29, 0.717) is 0 Å². The molecule has 0 unspecified atom stereocenters. The molecule has 1 aromatic carbocycles. The topological polar surface area (TPSA) is 15.3 Å². The highest BCUT2D eigenvalue weighted by atomic mass is 32.2. The summed E-state index contributed by atoms with van der Waals surface area (Å²) in [4.78, 5) is 3.98. The Morgan fingerprint density at radius 3 is 2.50 bits per heavy atom. The van der Waals surface area contributed by atoms with Crippen molar-refractivity contribution in [3.8, 4) is 0 Å². The van der Waals surface area contributed by atoms with E-state index in [1.807, 2.05) is 11.8 Å². The lowest BCUT2D eigenvalue weighted by Crippen LogP contribution is -2.21. The van der Waals surface area contributed by atoms with Crippen LogP contribution >= 0.6 is 11.8 Å². The third-order valence-corrected chi connectivity index (χ3v) is 4.67. The van der Waals surface area contributed by atoms with Crippen molar-refractivity contribution in [3.63, 3.8) is 0 Å². The molecule has 1 aliphatic rings. The Hall–Kier alpha value is -0.510. The summed E-state index contributed by atoms with van der Waals surface area (Å²) in [5.74, 6) is 1.93. The van der Waals surface area contributed by atoms with Gasteiger partial charge in [-0.15, -0.1) is 11.8 Å². The van der Waals surface area contributed by atoms with Crippen molar-refractivity contribution in [2.45, 2.75) is 38.1 Å². The zero-order valence-corrected chi connectivity index (χ0v) is 13.7. The SMILES string of the molecule is CC(C)CNCc1ccc(SCCN2CCCC2)cc1. The number of benzene rings is 1. The Labute approximate surface area is 128 Å². The number of hydrogen-bond acceptors (Lipinski definition) is 3. The lowest BCUT2D eigenvalue weighted by atomic mass is 10.2. The first kappa shape index (κ1) is 15.9. The minimum Gasteiger partial charge on any atom is -0.312 e. The van der Waals surface area contributed by atoms with Crippen molar-refractivity contribution >= 4 is 11.8 Å². The number of rotatable bonds is 8. The van der Waals surface area contributed by atoms with Crippen molar-refractivity contribution in [1.29, 1.82) is 0 Å². The van der Waals surface area contributed by atoms with Gasteiger partial charge in [-0.1, -0.05) is 26.0 Å². The molecule has 2 rings (SSSR count). The van der Waals surface area contributed by atoms with Crippen LogP contribution < -0.4 is 5.32 Å². The van der Waals surface area contributed by atoms with E-state index < -0.39 is 0 Å². The van der Waals surface area contributed by atoms with Crippen LogP contribution in [0.2, 0.25) is 0 Å². The molecule has 1 aliphatic heterocycles. The maximum absolute atomic E-state index is 3.49. The summed E-state index contributed by atoms with van der Waals surface area (Å²) < 4.78 is 0. The molecule has 0 saturated carbocycles. The second-order valence-electron chi connectivity index (χ2n) is 6.07. The zero-order chi connectivity index (χ0) is 14.2. The Bertz CT molecular complexity index is 369. The number of nitrogens with one attached hydrogen (secondary N) is 1. The van der Waals surface area contributed by atoms with E-state index in [1.54, 1.807) is 0 Å². The highest BCUT2D eigenvalue weighted by Crippen LogP contribution is 2.19. The van der Waals surface area contributed by atoms with Crippen molar-refractivity contribution in [2.75, 3.05) is 31.9 Å². The fourth-order valence-corrected chi connectivity index (χ4v) is 3.42. The first-order valence-corrected chi connectivity index (χ1v) is 8.87. The first-order valence-electron chi connectivity index (χ1n) is 7.89. The van der Waals surface area contributed by atoms with Crippen LogP contribution in [-0.2, 0) is 6.54 Å². The smallest absolute Gasteiger partial charge is 0.0205 e. The molecule has 20 heavy (non-hydrogen) atoms. The van der Waals surface area contributed by atoms with Crippen LogP contribution in [0.25, 0.3) is 0 Å². The molecule has 3 heteroatoms. The number of hydrogen-bond donors (Lipinski definition) is 1. The summed E-state index contributed by atoms with van der Waals surface area (Å²) in [5, 5.41) is 3.49. The van der Waals surface area contributed by atoms with E-state index >= 15 is 0 Å². The molecule has 1 saturated heterocycles. The Morgan fingerprint density at radius 1 is 1.15 bits per heavy atom.